The molecule has 126 valence electrons. The maximum atomic E-state index is 11.9. The van der Waals surface area contributed by atoms with Gasteiger partial charge in [0.25, 0.3) is 5.91 Å². The molecule has 2 rings (SSSR count). The van der Waals surface area contributed by atoms with Gasteiger partial charge in [0.1, 0.15) is 0 Å². The van der Waals surface area contributed by atoms with Crippen molar-refractivity contribution in [3.63, 3.8) is 0 Å². The Morgan fingerprint density at radius 3 is 2.48 bits per heavy atom. The Balaban J connectivity index is 1.78. The number of amides is 3. The van der Waals surface area contributed by atoms with Gasteiger partial charge in [-0.25, -0.2) is 4.79 Å². The number of nitrogens with one attached hydrogen (secondary N) is 1. The average Bonchev–Trinajstić information content (AvgIpc) is 2.82. The second-order valence-electron chi connectivity index (χ2n) is 5.90. The predicted octanol–water partition coefficient (Wildman–Crippen LogP) is 3.44. The predicted molar refractivity (Wildman–Crippen MR) is 88.6 cm³/mol. The van der Waals surface area contributed by atoms with Gasteiger partial charge in [-0.1, -0.05) is 69.4 Å². The Morgan fingerprint density at radius 1 is 1.04 bits per heavy atom. The van der Waals surface area contributed by atoms with Gasteiger partial charge >= 0.3 is 6.03 Å². The van der Waals surface area contributed by atoms with Gasteiger partial charge in [0.2, 0.25) is 6.23 Å². The molecule has 1 aromatic rings. The lowest BCUT2D eigenvalue weighted by Gasteiger charge is -2.21. The van der Waals surface area contributed by atoms with E-state index < -0.39 is 6.23 Å². The topological polar surface area (TPSA) is 58.6 Å². The zero-order valence-corrected chi connectivity index (χ0v) is 13.8. The van der Waals surface area contributed by atoms with Crippen molar-refractivity contribution in [2.24, 2.45) is 0 Å². The summed E-state index contributed by atoms with van der Waals surface area (Å²) < 4.78 is 5.67. The zero-order chi connectivity index (χ0) is 16.5. The fourth-order valence-corrected chi connectivity index (χ4v) is 2.66. The molecule has 1 unspecified atom stereocenters. The molecule has 0 saturated carbocycles. The summed E-state index contributed by atoms with van der Waals surface area (Å²) in [5, 5.41) is 2.33. The summed E-state index contributed by atoms with van der Waals surface area (Å²) in [5.74, 6) is -0.364. The summed E-state index contributed by atoms with van der Waals surface area (Å²) in [6.07, 6.45) is 6.15. The number of hydrogen-bond donors (Lipinski definition) is 1. The van der Waals surface area contributed by atoms with E-state index in [0.717, 1.165) is 18.4 Å². The number of benzene rings is 1. The number of carbonyl (C=O) groups excluding carboxylic acids is 2. The second kappa shape index (κ2) is 9.30. The van der Waals surface area contributed by atoms with Crippen LogP contribution in [0.4, 0.5) is 4.79 Å². The minimum absolute atomic E-state index is 0.364. The van der Waals surface area contributed by atoms with Crippen molar-refractivity contribution in [1.29, 1.82) is 0 Å². The van der Waals surface area contributed by atoms with E-state index in [1.54, 1.807) is 0 Å². The highest BCUT2D eigenvalue weighted by Gasteiger charge is 2.38. The van der Waals surface area contributed by atoms with Crippen LogP contribution >= 0.6 is 0 Å². The van der Waals surface area contributed by atoms with Gasteiger partial charge in [0.15, 0.2) is 0 Å². The molecule has 0 aliphatic carbocycles. The average molecular weight is 318 g/mol. The van der Waals surface area contributed by atoms with Crippen LogP contribution in [0.3, 0.4) is 0 Å². The molecule has 23 heavy (non-hydrogen) atoms. The van der Waals surface area contributed by atoms with Gasteiger partial charge in [-0.05, 0) is 12.0 Å². The third-order valence-corrected chi connectivity index (χ3v) is 3.97. The van der Waals surface area contributed by atoms with Gasteiger partial charge in [0, 0.05) is 6.61 Å². The van der Waals surface area contributed by atoms with Gasteiger partial charge < -0.3 is 4.74 Å². The molecule has 5 heteroatoms. The first kappa shape index (κ1) is 17.5. The van der Waals surface area contributed by atoms with Crippen LogP contribution in [-0.2, 0) is 16.1 Å². The highest BCUT2D eigenvalue weighted by atomic mass is 16.5. The van der Waals surface area contributed by atoms with Gasteiger partial charge in [-0.3, -0.25) is 15.0 Å². The second-order valence-corrected chi connectivity index (χ2v) is 5.90. The van der Waals surface area contributed by atoms with E-state index >= 15 is 0 Å². The molecule has 0 aromatic heterocycles. The smallest absolute Gasteiger partial charge is 0.326 e. The molecule has 1 aromatic carbocycles. The van der Waals surface area contributed by atoms with E-state index in [2.05, 4.69) is 12.2 Å². The molecule has 3 amide bonds. The van der Waals surface area contributed by atoms with Crippen molar-refractivity contribution in [2.45, 2.75) is 58.2 Å². The molecule has 1 aliphatic rings. The number of hydrogen-bond acceptors (Lipinski definition) is 3. The van der Waals surface area contributed by atoms with Crippen LogP contribution in [0.1, 0.15) is 51.0 Å². The van der Waals surface area contributed by atoms with Crippen LogP contribution in [0.15, 0.2) is 30.3 Å². The number of ether oxygens (including phenoxy) is 1. The Bertz CT molecular complexity index is 504. The maximum Gasteiger partial charge on any atom is 0.326 e. The third kappa shape index (κ3) is 5.36. The number of nitrogens with zero attached hydrogens (tertiary/aromatic N) is 1. The normalized spacial score (nSPS) is 17.6. The van der Waals surface area contributed by atoms with E-state index in [1.165, 1.54) is 30.6 Å². The highest BCUT2D eigenvalue weighted by Crippen LogP contribution is 2.16. The summed E-state index contributed by atoms with van der Waals surface area (Å²) in [4.78, 5) is 25.3. The van der Waals surface area contributed by atoms with Crippen LogP contribution in [-0.4, -0.2) is 29.7 Å². The SMILES string of the molecule is CCCCCCCCOC1C(=O)NC(=O)N1Cc1ccccc1. The lowest BCUT2D eigenvalue weighted by atomic mass is 10.1. The van der Waals surface area contributed by atoms with E-state index in [-0.39, 0.29) is 11.9 Å². The molecular formula is C18H26N2O3. The van der Waals surface area contributed by atoms with Gasteiger partial charge in [-0.2, -0.15) is 0 Å². The van der Waals surface area contributed by atoms with E-state index in [1.807, 2.05) is 30.3 Å². The summed E-state index contributed by atoms with van der Waals surface area (Å²) in [6, 6.07) is 9.23. The number of carbonyl (C=O) groups is 2. The lowest BCUT2D eigenvalue weighted by molar-refractivity contribution is -0.136. The Kier molecular flexibility index (Phi) is 7.07. The molecule has 0 radical (unpaired) electrons. The summed E-state index contributed by atoms with van der Waals surface area (Å²) in [5.41, 5.74) is 0.977. The summed E-state index contributed by atoms with van der Waals surface area (Å²) >= 11 is 0. The minimum atomic E-state index is -0.807. The molecule has 1 N–H and O–H groups in total. The number of imide groups is 1. The lowest BCUT2D eigenvalue weighted by Crippen LogP contribution is -2.37. The van der Waals surface area contributed by atoms with Crippen molar-refractivity contribution in [1.82, 2.24) is 10.2 Å². The van der Waals surface area contributed by atoms with Crippen molar-refractivity contribution in [3.05, 3.63) is 35.9 Å². The molecule has 1 fully saturated rings. The van der Waals surface area contributed by atoms with Crippen molar-refractivity contribution < 1.29 is 14.3 Å². The molecule has 1 heterocycles. The Hall–Kier alpha value is -1.88. The molecule has 0 spiro atoms. The van der Waals surface area contributed by atoms with E-state index in [4.69, 9.17) is 4.74 Å². The van der Waals surface area contributed by atoms with Crippen LogP contribution in [0.2, 0.25) is 0 Å². The number of rotatable bonds is 10. The number of unbranched alkanes of at least 4 members (excludes halogenated alkanes) is 5. The fourth-order valence-electron chi connectivity index (χ4n) is 2.66. The first-order valence-electron chi connectivity index (χ1n) is 8.49. The molecule has 0 bridgehead atoms. The molecule has 5 nitrogen and oxygen atoms in total. The van der Waals surface area contributed by atoms with Crippen LogP contribution in [0.5, 0.6) is 0 Å². The molecule has 1 aliphatic heterocycles. The zero-order valence-electron chi connectivity index (χ0n) is 13.8. The third-order valence-electron chi connectivity index (χ3n) is 3.97. The molecular weight excluding hydrogens is 292 g/mol. The first-order valence-corrected chi connectivity index (χ1v) is 8.49. The van der Waals surface area contributed by atoms with Gasteiger partial charge in [0.05, 0.1) is 6.54 Å². The Labute approximate surface area is 138 Å². The number of urea groups is 1. The van der Waals surface area contributed by atoms with Gasteiger partial charge in [-0.15, -0.1) is 0 Å². The largest absolute Gasteiger partial charge is 0.349 e. The Morgan fingerprint density at radius 2 is 1.74 bits per heavy atom. The van der Waals surface area contributed by atoms with Crippen LogP contribution in [0.25, 0.3) is 0 Å². The quantitative estimate of drug-likeness (QED) is 0.531. The highest BCUT2D eigenvalue weighted by molar-refractivity contribution is 6.03. The molecule has 1 atom stereocenters. The molecule has 1 saturated heterocycles. The van der Waals surface area contributed by atoms with E-state index in [0.29, 0.717) is 13.2 Å². The maximum absolute atomic E-state index is 11.9. The van der Waals surface area contributed by atoms with E-state index in [9.17, 15) is 9.59 Å². The summed E-state index contributed by atoms with van der Waals surface area (Å²) in [7, 11) is 0. The van der Waals surface area contributed by atoms with Crippen molar-refractivity contribution in [3.8, 4) is 0 Å². The minimum Gasteiger partial charge on any atom is -0.349 e. The van der Waals surface area contributed by atoms with Crippen LogP contribution < -0.4 is 5.32 Å². The monoisotopic (exact) mass is 318 g/mol. The van der Waals surface area contributed by atoms with Crippen molar-refractivity contribution >= 4 is 11.9 Å². The van der Waals surface area contributed by atoms with Crippen molar-refractivity contribution in [2.75, 3.05) is 6.61 Å². The first-order chi connectivity index (χ1) is 11.2. The van der Waals surface area contributed by atoms with Crippen LogP contribution in [0, 0.1) is 0 Å². The fraction of sp³-hybridized carbons (Fsp3) is 0.556. The summed E-state index contributed by atoms with van der Waals surface area (Å²) in [6.45, 7) is 3.07. The standard InChI is InChI=1S/C18H26N2O3/c1-2-3-4-5-6-10-13-23-17-16(21)19-18(22)20(17)14-15-11-8-7-9-12-15/h7-9,11-12,17H,2-6,10,13-14H2,1H3,(H,19,21,22).